The number of amides is 3. The number of hydrogen-bond donors (Lipinski definition) is 2. The van der Waals surface area contributed by atoms with Gasteiger partial charge in [-0.05, 0) is 54.8 Å². The number of carbonyl (C=O) groups is 3. The molecule has 3 aromatic rings. The molecule has 0 bridgehead atoms. The Labute approximate surface area is 198 Å². The molecule has 0 aliphatic carbocycles. The molecule has 1 atom stereocenters. The van der Waals surface area contributed by atoms with Crippen LogP contribution in [0.2, 0.25) is 0 Å². The lowest BCUT2D eigenvalue weighted by Crippen LogP contribution is -2.45. The van der Waals surface area contributed by atoms with Crippen LogP contribution in [-0.2, 0) is 11.3 Å². The maximum absolute atomic E-state index is 13.0. The zero-order valence-electron chi connectivity index (χ0n) is 18.0. The van der Waals surface area contributed by atoms with E-state index in [1.54, 1.807) is 12.1 Å². The number of carbonyl (C=O) groups excluding carboxylic acids is 3. The minimum absolute atomic E-state index is 0.00160. The zero-order chi connectivity index (χ0) is 24.1. The largest absolute Gasteiger partial charge is 0.352 e. The van der Waals surface area contributed by atoms with E-state index in [1.165, 1.54) is 41.3 Å². The first-order chi connectivity index (χ1) is 16.4. The van der Waals surface area contributed by atoms with Gasteiger partial charge in [-0.1, -0.05) is 23.5 Å². The lowest BCUT2D eigenvalue weighted by atomic mass is 9.97. The molecule has 1 unspecified atom stereocenters. The van der Waals surface area contributed by atoms with Crippen molar-refractivity contribution in [1.29, 1.82) is 0 Å². The Kier molecular flexibility index (Phi) is 7.21. The fourth-order valence-corrected chi connectivity index (χ4v) is 4.27. The van der Waals surface area contributed by atoms with Crippen LogP contribution in [0.1, 0.15) is 38.0 Å². The van der Waals surface area contributed by atoms with Gasteiger partial charge in [-0.2, -0.15) is 0 Å². The van der Waals surface area contributed by atoms with Crippen LogP contribution in [0.3, 0.4) is 0 Å². The number of anilines is 1. The van der Waals surface area contributed by atoms with Crippen LogP contribution < -0.4 is 10.6 Å². The summed E-state index contributed by atoms with van der Waals surface area (Å²) in [5.74, 6) is -2.28. The fourth-order valence-electron chi connectivity index (χ4n) is 3.57. The number of aromatic nitrogens is 2. The summed E-state index contributed by atoms with van der Waals surface area (Å²) >= 11 is 0.853. The van der Waals surface area contributed by atoms with E-state index in [2.05, 4.69) is 20.8 Å². The van der Waals surface area contributed by atoms with Crippen molar-refractivity contribution in [3.8, 4) is 0 Å². The van der Waals surface area contributed by atoms with E-state index in [1.807, 2.05) is 0 Å². The lowest BCUT2D eigenvalue weighted by molar-refractivity contribution is -0.126. The number of piperidine rings is 1. The molecule has 0 spiro atoms. The van der Waals surface area contributed by atoms with Gasteiger partial charge in [0.2, 0.25) is 15.9 Å². The summed E-state index contributed by atoms with van der Waals surface area (Å²) in [5.41, 5.74) is 1.17. The molecule has 1 saturated heterocycles. The van der Waals surface area contributed by atoms with Crippen LogP contribution in [0, 0.1) is 17.6 Å². The molecule has 0 radical (unpaired) electrons. The molecule has 1 fully saturated rings. The van der Waals surface area contributed by atoms with Crippen LogP contribution in [-0.4, -0.2) is 45.9 Å². The molecule has 1 aliphatic rings. The Balaban J connectivity index is 1.33. The maximum Gasteiger partial charge on any atom is 0.286 e. The number of rotatable bonds is 6. The highest BCUT2D eigenvalue weighted by Crippen LogP contribution is 2.21. The molecule has 11 heteroatoms. The summed E-state index contributed by atoms with van der Waals surface area (Å²) in [5, 5.41) is 13.1. The molecule has 1 aliphatic heterocycles. The Morgan fingerprint density at radius 1 is 0.971 bits per heavy atom. The van der Waals surface area contributed by atoms with Gasteiger partial charge >= 0.3 is 0 Å². The molecule has 176 valence electrons. The van der Waals surface area contributed by atoms with E-state index in [4.69, 9.17) is 0 Å². The van der Waals surface area contributed by atoms with E-state index in [0.717, 1.165) is 16.9 Å². The Morgan fingerprint density at radius 2 is 1.62 bits per heavy atom. The van der Waals surface area contributed by atoms with E-state index in [9.17, 15) is 23.2 Å². The smallest absolute Gasteiger partial charge is 0.286 e. The van der Waals surface area contributed by atoms with Crippen molar-refractivity contribution >= 4 is 34.7 Å². The SMILES string of the molecule is O=C(Nc1ccc(F)cc1)c1nnc(C(=O)N2CCCC(C(=O)NCc3ccc(F)cc3)C2)s1. The van der Waals surface area contributed by atoms with Gasteiger partial charge in [0.05, 0.1) is 5.92 Å². The number of halogens is 2. The fraction of sp³-hybridized carbons (Fsp3) is 0.261. The van der Waals surface area contributed by atoms with Gasteiger partial charge in [0, 0.05) is 25.3 Å². The van der Waals surface area contributed by atoms with Gasteiger partial charge in [-0.3, -0.25) is 14.4 Å². The van der Waals surface area contributed by atoms with Crippen LogP contribution in [0.25, 0.3) is 0 Å². The number of nitrogens with zero attached hydrogens (tertiary/aromatic N) is 3. The van der Waals surface area contributed by atoms with Crippen LogP contribution in [0.4, 0.5) is 14.5 Å². The van der Waals surface area contributed by atoms with Gasteiger partial charge in [-0.15, -0.1) is 10.2 Å². The highest BCUT2D eigenvalue weighted by molar-refractivity contribution is 7.15. The number of hydrogen-bond acceptors (Lipinski definition) is 6. The van der Waals surface area contributed by atoms with Gasteiger partial charge in [0.25, 0.3) is 11.8 Å². The van der Waals surface area contributed by atoms with E-state index in [-0.39, 0.29) is 40.7 Å². The molecule has 0 saturated carbocycles. The first-order valence-electron chi connectivity index (χ1n) is 10.6. The van der Waals surface area contributed by atoms with Crippen LogP contribution in [0.5, 0.6) is 0 Å². The Morgan fingerprint density at radius 3 is 2.32 bits per heavy atom. The third-order valence-corrected chi connectivity index (χ3v) is 6.27. The Hall–Kier alpha value is -3.73. The highest BCUT2D eigenvalue weighted by Gasteiger charge is 2.30. The summed E-state index contributed by atoms with van der Waals surface area (Å²) < 4.78 is 26.0. The van der Waals surface area contributed by atoms with E-state index < -0.39 is 17.6 Å². The van der Waals surface area contributed by atoms with Gasteiger partial charge in [-0.25, -0.2) is 8.78 Å². The van der Waals surface area contributed by atoms with Crippen LogP contribution >= 0.6 is 11.3 Å². The van der Waals surface area contributed by atoms with Crippen molar-refractivity contribution in [2.45, 2.75) is 19.4 Å². The zero-order valence-corrected chi connectivity index (χ0v) is 18.8. The van der Waals surface area contributed by atoms with Crippen molar-refractivity contribution in [3.63, 3.8) is 0 Å². The number of nitrogens with one attached hydrogen (secondary N) is 2. The standard InChI is InChI=1S/C23H21F2N5O3S/c24-16-5-3-14(4-6-16)12-26-19(31)15-2-1-11-30(13-15)23(33)22-29-28-21(34-22)20(32)27-18-9-7-17(25)8-10-18/h3-10,15H,1-2,11-13H2,(H,26,31)(H,27,32). The third kappa shape index (κ3) is 5.79. The maximum atomic E-state index is 13.0. The van der Waals surface area contributed by atoms with E-state index in [0.29, 0.717) is 25.1 Å². The number of likely N-dealkylation sites (tertiary alicyclic amines) is 1. The average Bonchev–Trinajstić information content (AvgIpc) is 3.35. The third-order valence-electron chi connectivity index (χ3n) is 5.36. The topological polar surface area (TPSA) is 104 Å². The monoisotopic (exact) mass is 485 g/mol. The van der Waals surface area contributed by atoms with Gasteiger partial charge < -0.3 is 15.5 Å². The first-order valence-corrected chi connectivity index (χ1v) is 11.4. The van der Waals surface area contributed by atoms with Crippen molar-refractivity contribution in [2.75, 3.05) is 18.4 Å². The minimum atomic E-state index is -0.556. The molecule has 2 heterocycles. The summed E-state index contributed by atoms with van der Waals surface area (Å²) in [7, 11) is 0. The van der Waals surface area contributed by atoms with Crippen molar-refractivity contribution in [1.82, 2.24) is 20.4 Å². The highest BCUT2D eigenvalue weighted by atomic mass is 32.1. The second-order valence-corrected chi connectivity index (χ2v) is 8.79. The molecule has 3 amide bonds. The van der Waals surface area contributed by atoms with Crippen molar-refractivity contribution in [3.05, 3.63) is 75.7 Å². The summed E-state index contributed by atoms with van der Waals surface area (Å²) in [6.45, 7) is 0.967. The Bertz CT molecular complexity index is 1180. The molecule has 4 rings (SSSR count). The number of benzene rings is 2. The van der Waals surface area contributed by atoms with Gasteiger partial charge in [0.1, 0.15) is 11.6 Å². The summed E-state index contributed by atoms with van der Waals surface area (Å²) in [6.07, 6.45) is 1.29. The molecular formula is C23H21F2N5O3S. The van der Waals surface area contributed by atoms with Crippen molar-refractivity contribution in [2.24, 2.45) is 5.92 Å². The first kappa shape index (κ1) is 23.4. The molecular weight excluding hydrogens is 464 g/mol. The predicted molar refractivity (Wildman–Crippen MR) is 121 cm³/mol. The normalized spacial score (nSPS) is 15.6. The van der Waals surface area contributed by atoms with Gasteiger partial charge in [0.15, 0.2) is 0 Å². The molecule has 34 heavy (non-hydrogen) atoms. The second-order valence-electron chi connectivity index (χ2n) is 7.81. The quantitative estimate of drug-likeness (QED) is 0.558. The molecule has 2 N–H and O–H groups in total. The predicted octanol–water partition coefficient (Wildman–Crippen LogP) is 3.24. The minimum Gasteiger partial charge on any atom is -0.352 e. The molecule has 8 nitrogen and oxygen atoms in total. The second kappa shape index (κ2) is 10.5. The van der Waals surface area contributed by atoms with Crippen LogP contribution in [0.15, 0.2) is 48.5 Å². The average molecular weight is 486 g/mol. The molecule has 2 aromatic carbocycles. The summed E-state index contributed by atoms with van der Waals surface area (Å²) in [4.78, 5) is 39.4. The summed E-state index contributed by atoms with van der Waals surface area (Å²) in [6, 6.07) is 11.1. The van der Waals surface area contributed by atoms with Crippen molar-refractivity contribution < 1.29 is 23.2 Å². The molecule has 1 aromatic heterocycles. The lowest BCUT2D eigenvalue weighted by Gasteiger charge is -2.31. The van der Waals surface area contributed by atoms with E-state index >= 15 is 0 Å².